The number of hydrogen-bond acceptors (Lipinski definition) is 3. The van der Waals surface area contributed by atoms with E-state index in [1.54, 1.807) is 30.0 Å². The van der Waals surface area contributed by atoms with Gasteiger partial charge in [0.15, 0.2) is 0 Å². The highest BCUT2D eigenvalue weighted by molar-refractivity contribution is 6.35. The zero-order valence-electron chi connectivity index (χ0n) is 18.3. The van der Waals surface area contributed by atoms with Gasteiger partial charge in [-0.2, -0.15) is 5.10 Å². The van der Waals surface area contributed by atoms with Crippen molar-refractivity contribution >= 4 is 29.1 Å². The van der Waals surface area contributed by atoms with Crippen LogP contribution >= 0.6 is 23.2 Å². The number of halogens is 2. The minimum absolute atomic E-state index is 0.220. The van der Waals surface area contributed by atoms with Gasteiger partial charge in [0.2, 0.25) is 0 Å². The van der Waals surface area contributed by atoms with Crippen molar-refractivity contribution in [3.05, 3.63) is 99.7 Å². The second kappa shape index (κ2) is 10.1. The van der Waals surface area contributed by atoms with Crippen molar-refractivity contribution in [3.63, 3.8) is 0 Å². The Morgan fingerprint density at radius 2 is 1.82 bits per heavy atom. The number of aromatic nitrogens is 2. The van der Waals surface area contributed by atoms with Gasteiger partial charge >= 0.3 is 0 Å². The Hall–Kier alpha value is -3.28. The van der Waals surface area contributed by atoms with Gasteiger partial charge in [-0.05, 0) is 61.4 Å². The van der Waals surface area contributed by atoms with Crippen LogP contribution < -0.4 is 10.1 Å². The largest absolute Gasteiger partial charge is 0.497 e. The molecule has 1 amide bonds. The number of amides is 1. The van der Waals surface area contributed by atoms with Crippen molar-refractivity contribution in [2.45, 2.75) is 13.3 Å². The van der Waals surface area contributed by atoms with Gasteiger partial charge in [0.1, 0.15) is 11.4 Å². The summed E-state index contributed by atoms with van der Waals surface area (Å²) in [6.45, 7) is 2.44. The molecule has 0 saturated heterocycles. The van der Waals surface area contributed by atoms with E-state index in [0.717, 1.165) is 28.1 Å². The molecule has 4 rings (SSSR count). The molecule has 0 atom stereocenters. The van der Waals surface area contributed by atoms with E-state index in [0.29, 0.717) is 34.4 Å². The van der Waals surface area contributed by atoms with Gasteiger partial charge in [-0.1, -0.05) is 59.1 Å². The fourth-order valence-corrected chi connectivity index (χ4v) is 3.98. The topological polar surface area (TPSA) is 56.1 Å². The van der Waals surface area contributed by atoms with Crippen LogP contribution in [0.4, 0.5) is 0 Å². The van der Waals surface area contributed by atoms with Crippen LogP contribution in [-0.2, 0) is 6.42 Å². The smallest absolute Gasteiger partial charge is 0.270 e. The minimum atomic E-state index is -0.220. The quantitative estimate of drug-likeness (QED) is 0.346. The molecule has 168 valence electrons. The van der Waals surface area contributed by atoms with E-state index in [1.165, 1.54) is 0 Å². The normalized spacial score (nSPS) is 10.8. The van der Waals surface area contributed by atoms with E-state index in [1.807, 2.05) is 61.5 Å². The summed E-state index contributed by atoms with van der Waals surface area (Å²) in [6.07, 6.45) is 0.586. The molecule has 0 fully saturated rings. The van der Waals surface area contributed by atoms with E-state index in [2.05, 4.69) is 5.32 Å². The highest BCUT2D eigenvalue weighted by atomic mass is 35.5. The second-order valence-corrected chi connectivity index (χ2v) is 8.48. The van der Waals surface area contributed by atoms with E-state index >= 15 is 0 Å². The molecule has 33 heavy (non-hydrogen) atoms. The van der Waals surface area contributed by atoms with E-state index < -0.39 is 0 Å². The SMILES string of the molecule is COc1cccc(-c2cc(C(=O)NCCc3ccc(Cl)cc3Cl)n(-c3ccc(C)cc3)n2)c1. The summed E-state index contributed by atoms with van der Waals surface area (Å²) >= 11 is 12.2. The molecule has 0 saturated carbocycles. The Balaban J connectivity index is 1.61. The molecule has 0 bridgehead atoms. The Bertz CT molecular complexity index is 1280. The maximum atomic E-state index is 13.2. The van der Waals surface area contributed by atoms with Gasteiger partial charge in [-0.15, -0.1) is 0 Å². The number of ether oxygens (including phenoxy) is 1. The molecule has 4 aromatic rings. The average molecular weight is 480 g/mol. The molecule has 0 aliphatic rings. The van der Waals surface area contributed by atoms with Crippen LogP contribution in [0, 0.1) is 6.92 Å². The molecule has 3 aromatic carbocycles. The lowest BCUT2D eigenvalue weighted by molar-refractivity contribution is 0.0946. The number of aryl methyl sites for hydroxylation is 1. The first-order valence-electron chi connectivity index (χ1n) is 10.5. The van der Waals surface area contributed by atoms with E-state index in [4.69, 9.17) is 33.0 Å². The maximum absolute atomic E-state index is 13.2. The zero-order valence-corrected chi connectivity index (χ0v) is 19.8. The van der Waals surface area contributed by atoms with Crippen LogP contribution in [0.2, 0.25) is 10.0 Å². The first kappa shape index (κ1) is 22.9. The number of methoxy groups -OCH3 is 1. The van der Waals surface area contributed by atoms with Gasteiger partial charge in [0.25, 0.3) is 5.91 Å². The Labute approximate surface area is 202 Å². The maximum Gasteiger partial charge on any atom is 0.270 e. The summed E-state index contributed by atoms with van der Waals surface area (Å²) in [5, 5.41) is 8.88. The molecule has 7 heteroatoms. The molecule has 1 N–H and O–H groups in total. The van der Waals surface area contributed by atoms with Gasteiger partial charge in [0.05, 0.1) is 18.5 Å². The number of carbonyl (C=O) groups is 1. The molecule has 0 unspecified atom stereocenters. The highest BCUT2D eigenvalue weighted by Crippen LogP contribution is 2.26. The van der Waals surface area contributed by atoms with Crippen LogP contribution in [0.3, 0.4) is 0 Å². The second-order valence-electron chi connectivity index (χ2n) is 7.64. The highest BCUT2D eigenvalue weighted by Gasteiger charge is 2.18. The Morgan fingerprint density at radius 1 is 1.03 bits per heavy atom. The minimum Gasteiger partial charge on any atom is -0.497 e. The number of nitrogens with one attached hydrogen (secondary N) is 1. The van der Waals surface area contributed by atoms with Crippen LogP contribution in [0.1, 0.15) is 21.6 Å². The third-order valence-corrected chi connectivity index (χ3v) is 5.87. The van der Waals surface area contributed by atoms with Crippen LogP contribution in [0.5, 0.6) is 5.75 Å². The lowest BCUT2D eigenvalue weighted by Crippen LogP contribution is -2.27. The molecule has 5 nitrogen and oxygen atoms in total. The van der Waals surface area contributed by atoms with E-state index in [9.17, 15) is 4.79 Å². The summed E-state index contributed by atoms with van der Waals surface area (Å²) in [6, 6.07) is 22.6. The van der Waals surface area contributed by atoms with Crippen LogP contribution in [0.15, 0.2) is 72.8 Å². The number of rotatable bonds is 7. The van der Waals surface area contributed by atoms with Gasteiger partial charge < -0.3 is 10.1 Å². The fraction of sp³-hybridized carbons (Fsp3) is 0.154. The van der Waals surface area contributed by atoms with Crippen molar-refractivity contribution in [3.8, 4) is 22.7 Å². The number of carbonyl (C=O) groups excluding carboxylic acids is 1. The van der Waals surface area contributed by atoms with Gasteiger partial charge in [-0.25, -0.2) is 4.68 Å². The molecule has 0 aliphatic carbocycles. The molecule has 0 spiro atoms. The predicted molar refractivity (Wildman–Crippen MR) is 133 cm³/mol. The summed E-state index contributed by atoms with van der Waals surface area (Å²) in [4.78, 5) is 13.2. The van der Waals surface area contributed by atoms with Gasteiger partial charge in [0, 0.05) is 22.2 Å². The lowest BCUT2D eigenvalue weighted by atomic mass is 10.1. The Kier molecular flexibility index (Phi) is 7.02. The molecule has 0 radical (unpaired) electrons. The average Bonchev–Trinajstić information content (AvgIpc) is 3.26. The van der Waals surface area contributed by atoms with E-state index in [-0.39, 0.29) is 5.91 Å². The first-order valence-corrected chi connectivity index (χ1v) is 11.2. The molecular weight excluding hydrogens is 457 g/mol. The lowest BCUT2D eigenvalue weighted by Gasteiger charge is -2.09. The molecular formula is C26H23Cl2N3O2. The fourth-order valence-electron chi connectivity index (χ4n) is 3.47. The van der Waals surface area contributed by atoms with Crippen molar-refractivity contribution in [1.82, 2.24) is 15.1 Å². The summed E-state index contributed by atoms with van der Waals surface area (Å²) < 4.78 is 7.00. The van der Waals surface area contributed by atoms with Crippen LogP contribution in [-0.4, -0.2) is 29.3 Å². The number of benzene rings is 3. The summed E-state index contributed by atoms with van der Waals surface area (Å²) in [7, 11) is 1.62. The van der Waals surface area contributed by atoms with Gasteiger partial charge in [-0.3, -0.25) is 4.79 Å². The molecule has 0 aliphatic heterocycles. The standard InChI is InChI=1S/C26H23Cl2N3O2/c1-17-6-10-21(11-7-17)31-25(16-24(30-31)19-4-3-5-22(14-19)33-2)26(32)29-13-12-18-8-9-20(27)15-23(18)28/h3-11,14-16H,12-13H2,1-2H3,(H,29,32). The third-order valence-electron chi connectivity index (χ3n) is 5.28. The zero-order chi connectivity index (χ0) is 23.4. The van der Waals surface area contributed by atoms with Crippen LogP contribution in [0.25, 0.3) is 16.9 Å². The van der Waals surface area contributed by atoms with Crippen molar-refractivity contribution in [1.29, 1.82) is 0 Å². The monoisotopic (exact) mass is 479 g/mol. The van der Waals surface area contributed by atoms with Crippen molar-refractivity contribution in [2.24, 2.45) is 0 Å². The van der Waals surface area contributed by atoms with Crippen molar-refractivity contribution < 1.29 is 9.53 Å². The number of hydrogen-bond donors (Lipinski definition) is 1. The summed E-state index contributed by atoms with van der Waals surface area (Å²) in [5.41, 5.74) is 4.84. The van der Waals surface area contributed by atoms with Crippen molar-refractivity contribution in [2.75, 3.05) is 13.7 Å². The molecule has 1 heterocycles. The molecule has 1 aromatic heterocycles. The predicted octanol–water partition coefficient (Wildman–Crippen LogP) is 6.14. The number of nitrogens with zero attached hydrogens (tertiary/aromatic N) is 2. The summed E-state index contributed by atoms with van der Waals surface area (Å²) in [5.74, 6) is 0.505. The first-order chi connectivity index (χ1) is 15.9. The third kappa shape index (κ3) is 5.38. The Morgan fingerprint density at radius 3 is 2.55 bits per heavy atom.